The predicted molar refractivity (Wildman–Crippen MR) is 105 cm³/mol. The van der Waals surface area contributed by atoms with E-state index < -0.39 is 0 Å². The van der Waals surface area contributed by atoms with E-state index in [1.54, 1.807) is 0 Å². The molecule has 4 rings (SSSR count). The molecule has 0 unspecified atom stereocenters. The number of hydrogen-bond acceptors (Lipinski definition) is 6. The van der Waals surface area contributed by atoms with Gasteiger partial charge in [0.2, 0.25) is 5.88 Å². The van der Waals surface area contributed by atoms with Gasteiger partial charge in [-0.05, 0) is 18.0 Å². The summed E-state index contributed by atoms with van der Waals surface area (Å²) in [5.41, 5.74) is 6.86. The normalized spacial score (nSPS) is 15.3. The molecule has 0 saturated carbocycles. The number of aromatic nitrogens is 2. The smallest absolute Gasteiger partial charge is 0.248 e. The van der Waals surface area contributed by atoms with E-state index in [-0.39, 0.29) is 0 Å². The van der Waals surface area contributed by atoms with Crippen molar-refractivity contribution in [3.8, 4) is 11.6 Å². The van der Waals surface area contributed by atoms with Gasteiger partial charge in [-0.1, -0.05) is 43.3 Å². The van der Waals surface area contributed by atoms with Crippen molar-refractivity contribution in [3.63, 3.8) is 0 Å². The first-order valence-electron chi connectivity index (χ1n) is 8.99. The van der Waals surface area contributed by atoms with Crippen LogP contribution in [0, 0.1) is 0 Å². The molecular weight excluding hydrogens is 326 g/mol. The molecule has 134 valence electrons. The third-order valence-electron chi connectivity index (χ3n) is 4.90. The molecule has 1 aromatic heterocycles. The second-order valence-corrected chi connectivity index (χ2v) is 6.42. The molecule has 0 spiro atoms. The molecule has 2 heterocycles. The highest BCUT2D eigenvalue weighted by atomic mass is 16.5. The molecule has 1 aliphatic rings. The van der Waals surface area contributed by atoms with Crippen molar-refractivity contribution < 1.29 is 4.74 Å². The van der Waals surface area contributed by atoms with Crippen molar-refractivity contribution >= 4 is 22.3 Å². The summed E-state index contributed by atoms with van der Waals surface area (Å²) in [6.07, 6.45) is 1.53. The Morgan fingerprint density at radius 2 is 1.77 bits per heavy atom. The van der Waals surface area contributed by atoms with E-state index in [9.17, 15) is 0 Å². The molecule has 1 fully saturated rings. The van der Waals surface area contributed by atoms with Crippen LogP contribution >= 0.6 is 0 Å². The lowest BCUT2D eigenvalue weighted by Gasteiger charge is -2.35. The van der Waals surface area contributed by atoms with Gasteiger partial charge in [-0.25, -0.2) is 4.98 Å². The van der Waals surface area contributed by atoms with Crippen LogP contribution in [0.1, 0.15) is 6.92 Å². The van der Waals surface area contributed by atoms with Gasteiger partial charge in [0.25, 0.3) is 0 Å². The first-order valence-corrected chi connectivity index (χ1v) is 8.99. The zero-order chi connectivity index (χ0) is 17.9. The number of nitrogen functional groups attached to an aromatic ring is 1. The van der Waals surface area contributed by atoms with Crippen LogP contribution in [0.5, 0.6) is 11.6 Å². The first kappa shape index (κ1) is 16.6. The molecular formula is C20H23N5O. The second kappa shape index (κ2) is 7.17. The molecule has 0 bridgehead atoms. The van der Waals surface area contributed by atoms with Crippen LogP contribution in [0.25, 0.3) is 10.8 Å². The standard InChI is InChI=1S/C20H23N5O/c1-2-24-10-12-25(13-11-24)19-18(21)20(23-14-22-19)26-17-9-5-7-15-6-3-4-8-16(15)17/h3-9,14H,2,10-13,21H2,1H3. The van der Waals surface area contributed by atoms with Gasteiger partial charge in [0.05, 0.1) is 0 Å². The van der Waals surface area contributed by atoms with Crippen LogP contribution in [-0.2, 0) is 0 Å². The Hall–Kier alpha value is -2.86. The summed E-state index contributed by atoms with van der Waals surface area (Å²) in [6.45, 7) is 7.10. The number of fused-ring (bicyclic) bond motifs is 1. The van der Waals surface area contributed by atoms with Gasteiger partial charge < -0.3 is 20.3 Å². The molecule has 6 nitrogen and oxygen atoms in total. The largest absolute Gasteiger partial charge is 0.436 e. The van der Waals surface area contributed by atoms with E-state index in [0.29, 0.717) is 11.6 Å². The molecule has 1 saturated heterocycles. The van der Waals surface area contributed by atoms with Gasteiger partial charge in [-0.2, -0.15) is 4.98 Å². The third-order valence-corrected chi connectivity index (χ3v) is 4.90. The summed E-state index contributed by atoms with van der Waals surface area (Å²) < 4.78 is 6.08. The highest BCUT2D eigenvalue weighted by Crippen LogP contribution is 2.34. The quantitative estimate of drug-likeness (QED) is 0.780. The maximum absolute atomic E-state index is 6.37. The van der Waals surface area contributed by atoms with Gasteiger partial charge in [0, 0.05) is 31.6 Å². The van der Waals surface area contributed by atoms with Crippen molar-refractivity contribution in [1.82, 2.24) is 14.9 Å². The lowest BCUT2D eigenvalue weighted by Crippen LogP contribution is -2.46. The Balaban J connectivity index is 1.62. The number of piperazine rings is 1. The maximum Gasteiger partial charge on any atom is 0.248 e. The minimum Gasteiger partial charge on any atom is -0.436 e. The Morgan fingerprint density at radius 3 is 2.58 bits per heavy atom. The molecule has 1 aliphatic heterocycles. The molecule has 2 aromatic carbocycles. The zero-order valence-electron chi connectivity index (χ0n) is 14.9. The topological polar surface area (TPSA) is 67.5 Å². The fraction of sp³-hybridized carbons (Fsp3) is 0.300. The molecule has 0 aliphatic carbocycles. The Morgan fingerprint density at radius 1 is 1.00 bits per heavy atom. The Labute approximate surface area is 153 Å². The maximum atomic E-state index is 6.37. The Kier molecular flexibility index (Phi) is 4.58. The van der Waals surface area contributed by atoms with E-state index >= 15 is 0 Å². The summed E-state index contributed by atoms with van der Waals surface area (Å²) in [5.74, 6) is 1.91. The van der Waals surface area contributed by atoms with E-state index in [0.717, 1.165) is 55.1 Å². The number of hydrogen-bond donors (Lipinski definition) is 1. The highest BCUT2D eigenvalue weighted by Gasteiger charge is 2.21. The number of nitrogens with zero attached hydrogens (tertiary/aromatic N) is 4. The number of likely N-dealkylation sites (N-methyl/N-ethyl adjacent to an activating group) is 1. The Bertz CT molecular complexity index is 900. The summed E-state index contributed by atoms with van der Waals surface area (Å²) in [6, 6.07) is 14.1. The zero-order valence-corrected chi connectivity index (χ0v) is 14.9. The lowest BCUT2D eigenvalue weighted by molar-refractivity contribution is 0.270. The van der Waals surface area contributed by atoms with Crippen molar-refractivity contribution in [1.29, 1.82) is 0 Å². The fourth-order valence-corrected chi connectivity index (χ4v) is 3.37. The van der Waals surface area contributed by atoms with Crippen molar-refractivity contribution in [3.05, 3.63) is 48.8 Å². The summed E-state index contributed by atoms with van der Waals surface area (Å²) in [4.78, 5) is 13.3. The molecule has 26 heavy (non-hydrogen) atoms. The average Bonchev–Trinajstić information content (AvgIpc) is 2.70. The van der Waals surface area contributed by atoms with Gasteiger partial charge in [-0.3, -0.25) is 0 Å². The molecule has 2 N–H and O–H groups in total. The SMILES string of the molecule is CCN1CCN(c2ncnc(Oc3cccc4ccccc34)c2N)CC1. The fourth-order valence-electron chi connectivity index (χ4n) is 3.37. The van der Waals surface area contributed by atoms with Crippen LogP contribution in [0.3, 0.4) is 0 Å². The first-order chi connectivity index (χ1) is 12.8. The lowest BCUT2D eigenvalue weighted by atomic mass is 10.1. The van der Waals surface area contributed by atoms with E-state index in [2.05, 4.69) is 38.8 Å². The number of benzene rings is 2. The summed E-state index contributed by atoms with van der Waals surface area (Å²) in [5, 5.41) is 2.15. The van der Waals surface area contributed by atoms with Crippen molar-refractivity contribution in [2.45, 2.75) is 6.92 Å². The van der Waals surface area contributed by atoms with Gasteiger partial charge >= 0.3 is 0 Å². The molecule has 0 atom stereocenters. The molecule has 0 amide bonds. The molecule has 3 aromatic rings. The van der Waals surface area contributed by atoms with Crippen LogP contribution in [0.2, 0.25) is 0 Å². The third kappa shape index (κ3) is 3.15. The summed E-state index contributed by atoms with van der Waals surface area (Å²) >= 11 is 0. The predicted octanol–water partition coefficient (Wildman–Crippen LogP) is 3.15. The molecule has 0 radical (unpaired) electrons. The number of anilines is 2. The number of rotatable bonds is 4. The van der Waals surface area contributed by atoms with Crippen molar-refractivity contribution in [2.75, 3.05) is 43.4 Å². The minimum atomic E-state index is 0.407. The van der Waals surface area contributed by atoms with E-state index in [1.807, 2.05) is 30.3 Å². The van der Waals surface area contributed by atoms with Crippen LogP contribution in [0.4, 0.5) is 11.5 Å². The molecule has 6 heteroatoms. The minimum absolute atomic E-state index is 0.407. The van der Waals surface area contributed by atoms with Crippen LogP contribution in [0.15, 0.2) is 48.8 Å². The van der Waals surface area contributed by atoms with Gasteiger partial charge in [0.1, 0.15) is 17.8 Å². The summed E-state index contributed by atoms with van der Waals surface area (Å²) in [7, 11) is 0. The average molecular weight is 349 g/mol. The van der Waals surface area contributed by atoms with Crippen LogP contribution in [-0.4, -0.2) is 47.6 Å². The second-order valence-electron chi connectivity index (χ2n) is 6.42. The highest BCUT2D eigenvalue weighted by molar-refractivity contribution is 5.88. The number of ether oxygens (including phenoxy) is 1. The van der Waals surface area contributed by atoms with Crippen LogP contribution < -0.4 is 15.4 Å². The van der Waals surface area contributed by atoms with Gasteiger partial charge in [0.15, 0.2) is 5.82 Å². The van der Waals surface area contributed by atoms with Gasteiger partial charge in [-0.15, -0.1) is 0 Å². The van der Waals surface area contributed by atoms with E-state index in [1.165, 1.54) is 6.33 Å². The monoisotopic (exact) mass is 349 g/mol. The van der Waals surface area contributed by atoms with Crippen molar-refractivity contribution in [2.24, 2.45) is 0 Å². The number of nitrogens with two attached hydrogens (primary N) is 1. The van der Waals surface area contributed by atoms with E-state index in [4.69, 9.17) is 10.5 Å².